The second-order valence-electron chi connectivity index (χ2n) is 5.90. The first-order valence-corrected chi connectivity index (χ1v) is 8.14. The Hall–Kier alpha value is -2.66. The van der Waals surface area contributed by atoms with Gasteiger partial charge in [-0.05, 0) is 41.8 Å². The van der Waals surface area contributed by atoms with Gasteiger partial charge in [0, 0.05) is 37.3 Å². The van der Waals surface area contributed by atoms with E-state index in [-0.39, 0.29) is 11.8 Å². The minimum atomic E-state index is -0.124. The average molecular weight is 323 g/mol. The van der Waals surface area contributed by atoms with Crippen LogP contribution in [0.25, 0.3) is 0 Å². The Kier molecular flexibility index (Phi) is 4.91. The molecule has 5 nitrogen and oxygen atoms in total. The van der Waals surface area contributed by atoms with Crippen LogP contribution in [-0.4, -0.2) is 18.4 Å². The van der Waals surface area contributed by atoms with Crippen molar-refractivity contribution in [2.75, 3.05) is 11.4 Å². The summed E-state index contributed by atoms with van der Waals surface area (Å²) >= 11 is 0. The number of anilines is 1. The summed E-state index contributed by atoms with van der Waals surface area (Å²) in [4.78, 5) is 25.8. The monoisotopic (exact) mass is 323 g/mol. The Morgan fingerprint density at radius 3 is 2.58 bits per heavy atom. The summed E-state index contributed by atoms with van der Waals surface area (Å²) in [6, 6.07) is 15.0. The molecule has 5 heteroatoms. The third kappa shape index (κ3) is 3.63. The maximum Gasteiger partial charge on any atom is 0.251 e. The third-order valence-corrected chi connectivity index (χ3v) is 4.20. The van der Waals surface area contributed by atoms with Crippen LogP contribution < -0.4 is 16.0 Å². The number of nitrogens with two attached hydrogens (primary N) is 1. The summed E-state index contributed by atoms with van der Waals surface area (Å²) in [5.74, 6) is 0.0393. The maximum absolute atomic E-state index is 12.2. The number of carbonyl (C=O) groups is 2. The van der Waals surface area contributed by atoms with E-state index in [2.05, 4.69) is 5.32 Å². The Labute approximate surface area is 141 Å². The van der Waals surface area contributed by atoms with E-state index in [0.29, 0.717) is 25.1 Å². The molecular formula is C19H21N3O2. The second kappa shape index (κ2) is 7.27. The Bertz CT molecular complexity index is 741. The average Bonchev–Trinajstić information content (AvgIpc) is 3.06. The molecule has 0 spiro atoms. The van der Waals surface area contributed by atoms with Gasteiger partial charge < -0.3 is 16.0 Å². The van der Waals surface area contributed by atoms with Gasteiger partial charge in [0.1, 0.15) is 0 Å². The number of nitrogens with zero attached hydrogens (tertiary/aromatic N) is 1. The van der Waals surface area contributed by atoms with Crippen molar-refractivity contribution in [2.24, 2.45) is 5.73 Å². The molecule has 2 aromatic rings. The van der Waals surface area contributed by atoms with E-state index in [1.165, 1.54) is 0 Å². The highest BCUT2D eigenvalue weighted by Crippen LogP contribution is 2.22. The number of carbonyl (C=O) groups excluding carboxylic acids is 2. The Balaban J connectivity index is 1.63. The summed E-state index contributed by atoms with van der Waals surface area (Å²) in [5.41, 5.74) is 9.03. The smallest absolute Gasteiger partial charge is 0.251 e. The van der Waals surface area contributed by atoms with E-state index in [9.17, 15) is 9.59 Å². The summed E-state index contributed by atoms with van der Waals surface area (Å²) < 4.78 is 0. The maximum atomic E-state index is 12.2. The van der Waals surface area contributed by atoms with Gasteiger partial charge in [-0.25, -0.2) is 0 Å². The fourth-order valence-electron chi connectivity index (χ4n) is 2.83. The van der Waals surface area contributed by atoms with Gasteiger partial charge in [-0.3, -0.25) is 9.59 Å². The number of nitrogens with one attached hydrogen (secondary N) is 1. The molecule has 1 heterocycles. The normalized spacial score (nSPS) is 14.0. The molecule has 1 aliphatic rings. The van der Waals surface area contributed by atoms with Crippen molar-refractivity contribution in [1.29, 1.82) is 0 Å². The first kappa shape index (κ1) is 16.2. The van der Waals surface area contributed by atoms with Crippen LogP contribution in [0.5, 0.6) is 0 Å². The molecule has 1 fully saturated rings. The molecule has 0 aromatic heterocycles. The van der Waals surface area contributed by atoms with Crippen molar-refractivity contribution >= 4 is 17.5 Å². The zero-order valence-electron chi connectivity index (χ0n) is 13.5. The minimum Gasteiger partial charge on any atom is -0.348 e. The molecule has 0 bridgehead atoms. The molecule has 0 aliphatic carbocycles. The molecule has 1 aliphatic heterocycles. The van der Waals surface area contributed by atoms with Gasteiger partial charge in [0.15, 0.2) is 0 Å². The highest BCUT2D eigenvalue weighted by atomic mass is 16.2. The predicted molar refractivity (Wildman–Crippen MR) is 93.5 cm³/mol. The summed E-state index contributed by atoms with van der Waals surface area (Å²) in [7, 11) is 0. The van der Waals surface area contributed by atoms with Crippen molar-refractivity contribution in [3.05, 3.63) is 65.2 Å². The van der Waals surface area contributed by atoms with E-state index in [1.54, 1.807) is 17.0 Å². The second-order valence-corrected chi connectivity index (χ2v) is 5.90. The minimum absolute atomic E-state index is 0.124. The highest BCUT2D eigenvalue weighted by Gasteiger charge is 2.21. The van der Waals surface area contributed by atoms with Crippen LogP contribution in [0.1, 0.15) is 34.3 Å². The van der Waals surface area contributed by atoms with Crippen LogP contribution in [0, 0.1) is 0 Å². The van der Waals surface area contributed by atoms with Gasteiger partial charge >= 0.3 is 0 Å². The Morgan fingerprint density at radius 1 is 1.12 bits per heavy atom. The molecule has 124 valence electrons. The lowest BCUT2D eigenvalue weighted by Crippen LogP contribution is -2.25. The molecule has 0 saturated carbocycles. The van der Waals surface area contributed by atoms with E-state index in [4.69, 9.17) is 5.73 Å². The quantitative estimate of drug-likeness (QED) is 0.886. The first-order valence-electron chi connectivity index (χ1n) is 8.14. The van der Waals surface area contributed by atoms with Gasteiger partial charge in [0.25, 0.3) is 5.91 Å². The molecule has 24 heavy (non-hydrogen) atoms. The molecule has 3 N–H and O–H groups in total. The molecule has 2 amide bonds. The fraction of sp³-hybridized carbons (Fsp3) is 0.263. The van der Waals surface area contributed by atoms with E-state index in [0.717, 1.165) is 29.8 Å². The number of benzene rings is 2. The van der Waals surface area contributed by atoms with Crippen molar-refractivity contribution in [3.8, 4) is 0 Å². The zero-order chi connectivity index (χ0) is 16.9. The summed E-state index contributed by atoms with van der Waals surface area (Å²) in [5, 5.41) is 2.91. The summed E-state index contributed by atoms with van der Waals surface area (Å²) in [6.07, 6.45) is 1.51. The van der Waals surface area contributed by atoms with Gasteiger partial charge in [-0.15, -0.1) is 0 Å². The fourth-order valence-corrected chi connectivity index (χ4v) is 2.83. The summed E-state index contributed by atoms with van der Waals surface area (Å²) in [6.45, 7) is 1.65. The molecular weight excluding hydrogens is 302 g/mol. The van der Waals surface area contributed by atoms with Crippen molar-refractivity contribution in [3.63, 3.8) is 0 Å². The SMILES string of the molecule is NCc1ccc(C(=O)NCc2cccc(N3CCCC3=O)c2)cc1. The lowest BCUT2D eigenvalue weighted by atomic mass is 10.1. The molecule has 0 unspecified atom stereocenters. The lowest BCUT2D eigenvalue weighted by Gasteiger charge is -2.16. The van der Waals surface area contributed by atoms with Crippen molar-refractivity contribution in [1.82, 2.24) is 5.32 Å². The predicted octanol–water partition coefficient (Wildman–Crippen LogP) is 2.20. The standard InChI is InChI=1S/C19H21N3O2/c20-12-14-6-8-16(9-7-14)19(24)21-13-15-3-1-4-17(11-15)22-10-2-5-18(22)23/h1,3-4,6-9,11H,2,5,10,12-13,20H2,(H,21,24). The molecule has 3 rings (SSSR count). The van der Waals surface area contributed by atoms with Gasteiger partial charge in [0.2, 0.25) is 5.91 Å². The number of rotatable bonds is 5. The third-order valence-electron chi connectivity index (χ3n) is 4.20. The largest absolute Gasteiger partial charge is 0.348 e. The van der Waals surface area contributed by atoms with Gasteiger partial charge in [0.05, 0.1) is 0 Å². The van der Waals surface area contributed by atoms with E-state index in [1.807, 2.05) is 36.4 Å². The van der Waals surface area contributed by atoms with Crippen LogP contribution in [0.2, 0.25) is 0 Å². The zero-order valence-corrected chi connectivity index (χ0v) is 13.5. The first-order chi connectivity index (χ1) is 11.7. The van der Waals surface area contributed by atoms with Gasteiger partial charge in [-0.2, -0.15) is 0 Å². The molecule has 2 aromatic carbocycles. The van der Waals surface area contributed by atoms with Crippen LogP contribution >= 0.6 is 0 Å². The number of hydrogen-bond acceptors (Lipinski definition) is 3. The van der Waals surface area contributed by atoms with Crippen molar-refractivity contribution in [2.45, 2.75) is 25.9 Å². The Morgan fingerprint density at radius 2 is 1.92 bits per heavy atom. The van der Waals surface area contributed by atoms with Crippen LogP contribution in [0.3, 0.4) is 0 Å². The molecule has 0 radical (unpaired) electrons. The number of amides is 2. The molecule has 0 atom stereocenters. The van der Waals surface area contributed by atoms with Crippen LogP contribution in [-0.2, 0) is 17.9 Å². The van der Waals surface area contributed by atoms with Crippen molar-refractivity contribution < 1.29 is 9.59 Å². The lowest BCUT2D eigenvalue weighted by molar-refractivity contribution is -0.117. The van der Waals surface area contributed by atoms with Crippen LogP contribution in [0.4, 0.5) is 5.69 Å². The van der Waals surface area contributed by atoms with E-state index >= 15 is 0 Å². The van der Waals surface area contributed by atoms with Crippen LogP contribution in [0.15, 0.2) is 48.5 Å². The number of hydrogen-bond donors (Lipinski definition) is 2. The highest BCUT2D eigenvalue weighted by molar-refractivity contribution is 5.95. The van der Waals surface area contributed by atoms with Gasteiger partial charge in [-0.1, -0.05) is 24.3 Å². The van der Waals surface area contributed by atoms with E-state index < -0.39 is 0 Å². The topological polar surface area (TPSA) is 75.4 Å². The molecule has 1 saturated heterocycles.